The van der Waals surface area contributed by atoms with Gasteiger partial charge in [-0.2, -0.15) is 0 Å². The molecule has 1 aromatic carbocycles. The van der Waals surface area contributed by atoms with E-state index in [0.29, 0.717) is 25.7 Å². The van der Waals surface area contributed by atoms with Crippen molar-refractivity contribution in [3.63, 3.8) is 0 Å². The Balaban J connectivity index is 1.82. The summed E-state index contributed by atoms with van der Waals surface area (Å²) in [6, 6.07) is 5.84. The lowest BCUT2D eigenvalue weighted by atomic mass is 10.3. The zero-order valence-electron chi connectivity index (χ0n) is 17.5. The molecule has 0 atom stereocenters. The molecule has 11 heteroatoms. The molecular weight excluding hydrogens is 504 g/mol. The number of nitrogens with two attached hydrogens (primary N) is 1. The maximum Gasteiger partial charge on any atom is 0.283 e. The van der Waals surface area contributed by atoms with E-state index in [9.17, 15) is 9.59 Å². The predicted molar refractivity (Wildman–Crippen MR) is 140 cm³/mol. The minimum absolute atomic E-state index is 0.107. The van der Waals surface area contributed by atoms with Crippen molar-refractivity contribution in [2.24, 2.45) is 5.84 Å². The van der Waals surface area contributed by atoms with Gasteiger partial charge < -0.3 is 4.90 Å². The summed E-state index contributed by atoms with van der Waals surface area (Å²) in [5.74, 6) is 5.38. The number of hydrogen-bond donors (Lipinski definition) is 1. The average molecular weight is 525 g/mol. The van der Waals surface area contributed by atoms with Crippen molar-refractivity contribution < 1.29 is 4.79 Å². The highest BCUT2D eigenvalue weighted by molar-refractivity contribution is 8.30. The summed E-state index contributed by atoms with van der Waals surface area (Å²) in [6.07, 6.45) is 5.56. The van der Waals surface area contributed by atoms with Crippen molar-refractivity contribution in [2.75, 3.05) is 11.4 Å². The summed E-state index contributed by atoms with van der Waals surface area (Å²) in [4.78, 5) is 29.5. The number of benzene rings is 1. The summed E-state index contributed by atoms with van der Waals surface area (Å²) < 4.78 is 3.14. The quantitative estimate of drug-likeness (QED) is 0.365. The van der Waals surface area contributed by atoms with E-state index in [1.165, 1.54) is 11.3 Å². The summed E-state index contributed by atoms with van der Waals surface area (Å²) >= 11 is 15.4. The van der Waals surface area contributed by atoms with Crippen molar-refractivity contribution in [3.05, 3.63) is 53.9 Å². The zero-order valence-corrected chi connectivity index (χ0v) is 21.5. The van der Waals surface area contributed by atoms with Crippen molar-refractivity contribution in [2.45, 2.75) is 38.1 Å². The molecular formula is C21H21ClN4O2S4. The maximum atomic E-state index is 13.2. The molecule has 0 spiro atoms. The van der Waals surface area contributed by atoms with Crippen LogP contribution in [0.25, 0.3) is 11.0 Å². The van der Waals surface area contributed by atoms with Gasteiger partial charge in [0.2, 0.25) is 0 Å². The highest BCUT2D eigenvalue weighted by Crippen LogP contribution is 2.46. The van der Waals surface area contributed by atoms with Crippen molar-refractivity contribution in [3.8, 4) is 0 Å². The van der Waals surface area contributed by atoms with Gasteiger partial charge >= 0.3 is 0 Å². The highest BCUT2D eigenvalue weighted by Gasteiger charge is 2.32. The van der Waals surface area contributed by atoms with Gasteiger partial charge in [-0.3, -0.25) is 14.2 Å². The third kappa shape index (κ3) is 4.32. The standard InChI is InChI=1S/C21H21ClN4O2S4/c1-3-5-10-25-18(27)15(31-20(25)17-19(28)26(23)21(29)32-17)8-9-16-24(4-2)13-11-12(22)6-7-14(13)30-16/h6-9,11H,3-5,10,23H2,1-2H3/b15-8?,16-9-,20-17?. The van der Waals surface area contributed by atoms with Crippen molar-refractivity contribution >= 4 is 85.6 Å². The van der Waals surface area contributed by atoms with Crippen LogP contribution in [0.1, 0.15) is 26.7 Å². The van der Waals surface area contributed by atoms with Gasteiger partial charge in [-0.05, 0) is 55.5 Å². The number of amides is 1. The van der Waals surface area contributed by atoms with Crippen LogP contribution < -0.4 is 25.5 Å². The minimum atomic E-state index is -0.368. The molecule has 168 valence electrons. The summed E-state index contributed by atoms with van der Waals surface area (Å²) in [7, 11) is 0. The third-order valence-corrected chi connectivity index (χ3v) is 9.06. The molecule has 3 heterocycles. The first-order valence-corrected chi connectivity index (χ1v) is 13.3. The van der Waals surface area contributed by atoms with E-state index in [2.05, 4.69) is 18.7 Å². The molecule has 0 radical (unpaired) electrons. The number of halogens is 1. The number of allylic oxidation sites excluding steroid dienone is 1. The number of anilines is 1. The van der Waals surface area contributed by atoms with E-state index in [1.54, 1.807) is 16.3 Å². The Morgan fingerprint density at radius 1 is 1.19 bits per heavy atom. The van der Waals surface area contributed by atoms with Gasteiger partial charge in [0, 0.05) is 23.0 Å². The second-order valence-corrected chi connectivity index (χ2v) is 11.3. The lowest BCUT2D eigenvalue weighted by Crippen LogP contribution is -2.36. The zero-order chi connectivity index (χ0) is 23.0. The number of thioether (sulfide) groups is 2. The molecule has 0 aliphatic carbocycles. The second kappa shape index (κ2) is 9.74. The van der Waals surface area contributed by atoms with Crippen LogP contribution in [0, 0.1) is 0 Å². The van der Waals surface area contributed by atoms with Crippen LogP contribution in [-0.4, -0.2) is 26.3 Å². The largest absolute Gasteiger partial charge is 0.335 e. The Bertz CT molecular complexity index is 1310. The topological polar surface area (TPSA) is 71.6 Å². The van der Waals surface area contributed by atoms with Gasteiger partial charge in [-0.1, -0.05) is 48.9 Å². The van der Waals surface area contributed by atoms with Crippen molar-refractivity contribution in [1.29, 1.82) is 0 Å². The molecule has 0 bridgehead atoms. The minimum Gasteiger partial charge on any atom is -0.335 e. The molecule has 2 aliphatic heterocycles. The Morgan fingerprint density at radius 2 is 1.97 bits per heavy atom. The van der Waals surface area contributed by atoms with Gasteiger partial charge in [0.05, 0.1) is 15.2 Å². The van der Waals surface area contributed by atoms with E-state index >= 15 is 0 Å². The Kier molecular flexibility index (Phi) is 7.18. The van der Waals surface area contributed by atoms with E-state index in [-0.39, 0.29) is 15.8 Å². The fourth-order valence-corrected chi connectivity index (χ4v) is 7.00. The number of unbranched alkanes of at least 4 members (excludes halogenated alkanes) is 1. The normalized spacial score (nSPS) is 19.6. The Hall–Kier alpha value is -1.56. The van der Waals surface area contributed by atoms with E-state index < -0.39 is 0 Å². The highest BCUT2D eigenvalue weighted by atomic mass is 35.5. The third-order valence-electron chi connectivity index (χ3n) is 5.02. The van der Waals surface area contributed by atoms with Crippen molar-refractivity contribution in [1.82, 2.24) is 9.58 Å². The maximum absolute atomic E-state index is 13.2. The SMILES string of the molecule is CCCCn1c(=C2SC(=S)N(N)C2=O)sc(=C/C=C2\Sc3ccc(Cl)cc3N2CC)c1=O. The molecule has 6 nitrogen and oxygen atoms in total. The molecule has 2 aliphatic rings. The number of nitrogens with zero attached hydrogens (tertiary/aromatic N) is 3. The van der Waals surface area contributed by atoms with Gasteiger partial charge in [-0.25, -0.2) is 10.9 Å². The van der Waals surface area contributed by atoms with E-state index in [0.717, 1.165) is 51.8 Å². The molecule has 1 aromatic heterocycles. The van der Waals surface area contributed by atoms with Gasteiger partial charge in [0.15, 0.2) is 4.32 Å². The number of carbonyl (C=O) groups is 1. The second-order valence-electron chi connectivity index (χ2n) is 7.08. The number of hydrazine groups is 1. The molecule has 32 heavy (non-hydrogen) atoms. The van der Waals surface area contributed by atoms with Crippen LogP contribution in [-0.2, 0) is 11.3 Å². The number of thiocarbonyl (C=S) groups is 1. The fourth-order valence-electron chi connectivity index (χ4n) is 3.40. The lowest BCUT2D eigenvalue weighted by Gasteiger charge is -2.17. The first-order valence-electron chi connectivity index (χ1n) is 10.1. The lowest BCUT2D eigenvalue weighted by molar-refractivity contribution is -0.120. The summed E-state index contributed by atoms with van der Waals surface area (Å²) in [6.45, 7) is 5.46. The smallest absolute Gasteiger partial charge is 0.283 e. The fraction of sp³-hybridized carbons (Fsp3) is 0.286. The first kappa shape index (κ1) is 23.6. The predicted octanol–water partition coefficient (Wildman–Crippen LogP) is 3.46. The summed E-state index contributed by atoms with van der Waals surface area (Å²) in [5, 5.41) is 2.68. The van der Waals surface area contributed by atoms with E-state index in [4.69, 9.17) is 29.7 Å². The summed E-state index contributed by atoms with van der Waals surface area (Å²) in [5.41, 5.74) is 0.959. The van der Waals surface area contributed by atoms with Crippen LogP contribution in [0.15, 0.2) is 39.0 Å². The number of thiazole rings is 1. The van der Waals surface area contributed by atoms with Crippen LogP contribution in [0.2, 0.25) is 5.02 Å². The number of hydrogen-bond acceptors (Lipinski definition) is 8. The van der Waals surface area contributed by atoms with Crippen LogP contribution in [0.3, 0.4) is 0 Å². The van der Waals surface area contributed by atoms with Crippen LogP contribution in [0.5, 0.6) is 0 Å². The number of carbonyl (C=O) groups excluding carboxylic acids is 1. The molecule has 2 aromatic rings. The van der Waals surface area contributed by atoms with Gasteiger partial charge in [0.25, 0.3) is 11.5 Å². The Labute approximate surface area is 208 Å². The van der Waals surface area contributed by atoms with Gasteiger partial charge in [0.1, 0.15) is 9.57 Å². The van der Waals surface area contributed by atoms with E-state index in [1.807, 2.05) is 30.4 Å². The van der Waals surface area contributed by atoms with Crippen LogP contribution in [0.4, 0.5) is 5.69 Å². The Morgan fingerprint density at radius 3 is 2.62 bits per heavy atom. The first-order chi connectivity index (χ1) is 15.3. The number of rotatable bonds is 5. The number of aromatic nitrogens is 1. The molecule has 1 amide bonds. The molecule has 0 saturated carbocycles. The number of fused-ring (bicyclic) bond motifs is 1. The molecule has 1 fully saturated rings. The molecule has 1 saturated heterocycles. The molecule has 4 rings (SSSR count). The molecule has 0 unspecified atom stereocenters. The van der Waals surface area contributed by atoms with Gasteiger partial charge in [-0.15, -0.1) is 11.3 Å². The van der Waals surface area contributed by atoms with Crippen LogP contribution >= 0.6 is 58.7 Å². The monoisotopic (exact) mass is 524 g/mol. The molecule has 2 N–H and O–H groups in total. The average Bonchev–Trinajstić information content (AvgIpc) is 3.37.